The first-order valence-corrected chi connectivity index (χ1v) is 6.50. The Kier molecular flexibility index (Phi) is 4.22. The maximum absolute atomic E-state index is 12.1. The topological polar surface area (TPSA) is 45.5 Å². The molecule has 0 saturated heterocycles. The number of rotatable bonds is 5. The molecule has 0 spiro atoms. The zero-order valence-corrected chi connectivity index (χ0v) is 11.7. The predicted molar refractivity (Wildman–Crippen MR) is 76.5 cm³/mol. The number of amides is 1. The molecule has 0 aliphatic heterocycles. The van der Waals surface area contributed by atoms with Crippen LogP contribution in [0.1, 0.15) is 22.5 Å². The summed E-state index contributed by atoms with van der Waals surface area (Å²) in [6.07, 6.45) is 0.929. The zero-order chi connectivity index (χ0) is 13.8. The summed E-state index contributed by atoms with van der Waals surface area (Å²) in [7, 11) is 4.04. The first kappa shape index (κ1) is 13.6. The molecule has 0 radical (unpaired) electrons. The van der Waals surface area contributed by atoms with E-state index in [1.165, 1.54) is 0 Å². The fourth-order valence-electron chi connectivity index (χ4n) is 2.07. The van der Waals surface area contributed by atoms with E-state index in [1.54, 1.807) is 0 Å². The third-order valence-electron chi connectivity index (χ3n) is 3.12. The monoisotopic (exact) mass is 260 g/mol. The summed E-state index contributed by atoms with van der Waals surface area (Å²) >= 11 is 0. The van der Waals surface area contributed by atoms with Gasteiger partial charge in [-0.05, 0) is 40.1 Å². The maximum atomic E-state index is 12.1. The number of carbonyl (C=O) groups excluding carboxylic acids is 1. The Labute approximate surface area is 113 Å². The van der Waals surface area contributed by atoms with Crippen LogP contribution < -0.4 is 5.32 Å². The molecule has 0 saturated carbocycles. The molecule has 1 N–H and O–H groups in total. The average molecular weight is 260 g/mol. The lowest BCUT2D eigenvalue weighted by Crippen LogP contribution is -2.27. The fraction of sp³-hybridized carbons (Fsp3) is 0.400. The first-order chi connectivity index (χ1) is 9.09. The van der Waals surface area contributed by atoms with E-state index >= 15 is 0 Å². The Morgan fingerprint density at radius 2 is 2.05 bits per heavy atom. The lowest BCUT2D eigenvalue weighted by molar-refractivity contribution is 0.0926. The number of carbonyl (C=O) groups is 1. The molecule has 0 fully saturated rings. The highest BCUT2D eigenvalue weighted by Gasteiger charge is 2.16. The molecule has 2 rings (SSSR count). The normalized spacial score (nSPS) is 11.2. The Hall–Kier alpha value is -1.81. The standard InChI is InChI=1S/C15H20N2O2/c1-11-12-7-4-5-8-13(12)19-14(11)15(18)16-9-6-10-17(2)3/h4-5,7-8H,6,9-10H2,1-3H3,(H,16,18). The molecule has 0 unspecified atom stereocenters. The fourth-order valence-corrected chi connectivity index (χ4v) is 2.07. The molecule has 1 heterocycles. The number of nitrogens with one attached hydrogen (secondary N) is 1. The van der Waals surface area contributed by atoms with Crippen molar-refractivity contribution >= 4 is 16.9 Å². The van der Waals surface area contributed by atoms with E-state index in [-0.39, 0.29) is 5.91 Å². The summed E-state index contributed by atoms with van der Waals surface area (Å²) in [5.74, 6) is 0.290. The van der Waals surface area contributed by atoms with Gasteiger partial charge in [-0.1, -0.05) is 18.2 Å². The Balaban J connectivity index is 2.03. The average Bonchev–Trinajstić information content (AvgIpc) is 2.72. The number of aryl methyl sites for hydroxylation is 1. The zero-order valence-electron chi connectivity index (χ0n) is 11.7. The summed E-state index contributed by atoms with van der Waals surface area (Å²) in [5.41, 5.74) is 1.67. The summed E-state index contributed by atoms with van der Waals surface area (Å²) in [5, 5.41) is 3.90. The van der Waals surface area contributed by atoms with Gasteiger partial charge in [0.25, 0.3) is 5.91 Å². The molecule has 2 aromatic rings. The summed E-state index contributed by atoms with van der Waals surface area (Å²) in [6.45, 7) is 3.54. The molecule has 0 aliphatic rings. The number of benzene rings is 1. The molecule has 4 heteroatoms. The van der Waals surface area contributed by atoms with Crippen molar-refractivity contribution in [2.45, 2.75) is 13.3 Å². The maximum Gasteiger partial charge on any atom is 0.287 e. The molecule has 1 aromatic heterocycles. The van der Waals surface area contributed by atoms with Crippen LogP contribution in [0.3, 0.4) is 0 Å². The number of hydrogen-bond donors (Lipinski definition) is 1. The molecule has 0 aliphatic carbocycles. The smallest absolute Gasteiger partial charge is 0.287 e. The number of furan rings is 1. The van der Waals surface area contributed by atoms with Gasteiger partial charge in [-0.2, -0.15) is 0 Å². The summed E-state index contributed by atoms with van der Waals surface area (Å²) in [4.78, 5) is 14.2. The van der Waals surface area contributed by atoms with Crippen LogP contribution in [0.4, 0.5) is 0 Å². The lowest BCUT2D eigenvalue weighted by Gasteiger charge is -2.09. The van der Waals surface area contributed by atoms with E-state index < -0.39 is 0 Å². The minimum absolute atomic E-state index is 0.132. The Morgan fingerprint density at radius 1 is 1.32 bits per heavy atom. The number of hydrogen-bond acceptors (Lipinski definition) is 3. The molecule has 0 bridgehead atoms. The van der Waals surface area contributed by atoms with Crippen molar-refractivity contribution in [2.24, 2.45) is 0 Å². The highest BCUT2D eigenvalue weighted by molar-refractivity contribution is 5.98. The quantitative estimate of drug-likeness (QED) is 0.840. The van der Waals surface area contributed by atoms with Crippen molar-refractivity contribution in [3.05, 3.63) is 35.6 Å². The van der Waals surface area contributed by atoms with Crippen molar-refractivity contribution in [1.82, 2.24) is 10.2 Å². The third kappa shape index (κ3) is 3.15. The summed E-state index contributed by atoms with van der Waals surface area (Å²) < 4.78 is 5.62. The van der Waals surface area contributed by atoms with Crippen LogP contribution in [0.5, 0.6) is 0 Å². The van der Waals surface area contributed by atoms with Gasteiger partial charge >= 0.3 is 0 Å². The van der Waals surface area contributed by atoms with Gasteiger partial charge in [0.05, 0.1) is 0 Å². The van der Waals surface area contributed by atoms with E-state index in [0.717, 1.165) is 29.5 Å². The van der Waals surface area contributed by atoms with Gasteiger partial charge in [0, 0.05) is 17.5 Å². The first-order valence-electron chi connectivity index (χ1n) is 6.50. The molecule has 0 atom stereocenters. The van der Waals surface area contributed by atoms with Crippen molar-refractivity contribution in [3.63, 3.8) is 0 Å². The van der Waals surface area contributed by atoms with Crippen molar-refractivity contribution in [2.75, 3.05) is 27.2 Å². The number of nitrogens with zero attached hydrogens (tertiary/aromatic N) is 1. The van der Waals surface area contributed by atoms with Crippen LogP contribution in [0, 0.1) is 6.92 Å². The molecule has 19 heavy (non-hydrogen) atoms. The minimum atomic E-state index is -0.132. The second kappa shape index (κ2) is 5.89. The van der Waals surface area contributed by atoms with E-state index in [1.807, 2.05) is 45.3 Å². The second-order valence-corrected chi connectivity index (χ2v) is 4.97. The van der Waals surface area contributed by atoms with Crippen molar-refractivity contribution in [3.8, 4) is 0 Å². The van der Waals surface area contributed by atoms with Gasteiger partial charge in [0.1, 0.15) is 5.58 Å². The van der Waals surface area contributed by atoms with Gasteiger partial charge < -0.3 is 14.6 Å². The van der Waals surface area contributed by atoms with E-state index in [4.69, 9.17) is 4.42 Å². The molecule has 1 aromatic carbocycles. The van der Waals surface area contributed by atoms with Gasteiger partial charge in [0.15, 0.2) is 5.76 Å². The van der Waals surface area contributed by atoms with E-state index in [9.17, 15) is 4.79 Å². The van der Waals surface area contributed by atoms with E-state index in [0.29, 0.717) is 12.3 Å². The Morgan fingerprint density at radius 3 is 2.74 bits per heavy atom. The molecule has 1 amide bonds. The largest absolute Gasteiger partial charge is 0.451 e. The molecular formula is C15H20N2O2. The third-order valence-corrected chi connectivity index (χ3v) is 3.12. The molecular weight excluding hydrogens is 240 g/mol. The lowest BCUT2D eigenvalue weighted by atomic mass is 10.1. The summed E-state index contributed by atoms with van der Waals surface area (Å²) in [6, 6.07) is 7.70. The van der Waals surface area contributed by atoms with Gasteiger partial charge in [-0.3, -0.25) is 4.79 Å². The molecule has 4 nitrogen and oxygen atoms in total. The second-order valence-electron chi connectivity index (χ2n) is 4.97. The van der Waals surface area contributed by atoms with Crippen molar-refractivity contribution < 1.29 is 9.21 Å². The highest BCUT2D eigenvalue weighted by Crippen LogP contribution is 2.24. The number of para-hydroxylation sites is 1. The van der Waals surface area contributed by atoms with Crippen LogP contribution in [0.2, 0.25) is 0 Å². The van der Waals surface area contributed by atoms with Gasteiger partial charge in [0.2, 0.25) is 0 Å². The van der Waals surface area contributed by atoms with Crippen LogP contribution in [-0.2, 0) is 0 Å². The van der Waals surface area contributed by atoms with Crippen LogP contribution in [0.25, 0.3) is 11.0 Å². The SMILES string of the molecule is Cc1c(C(=O)NCCCN(C)C)oc2ccccc12. The minimum Gasteiger partial charge on any atom is -0.451 e. The highest BCUT2D eigenvalue weighted by atomic mass is 16.3. The van der Waals surface area contributed by atoms with Crippen molar-refractivity contribution in [1.29, 1.82) is 0 Å². The van der Waals surface area contributed by atoms with Gasteiger partial charge in [-0.25, -0.2) is 0 Å². The van der Waals surface area contributed by atoms with E-state index in [2.05, 4.69) is 10.2 Å². The van der Waals surface area contributed by atoms with Gasteiger partial charge in [-0.15, -0.1) is 0 Å². The Bertz CT molecular complexity index is 573. The molecule has 102 valence electrons. The predicted octanol–water partition coefficient (Wildman–Crippen LogP) is 2.42. The number of fused-ring (bicyclic) bond motifs is 1. The van der Waals surface area contributed by atoms with Crippen LogP contribution >= 0.6 is 0 Å². The van der Waals surface area contributed by atoms with Crippen LogP contribution in [0.15, 0.2) is 28.7 Å². The van der Waals surface area contributed by atoms with Crippen LogP contribution in [-0.4, -0.2) is 38.0 Å².